The number of urea groups is 1. The number of anilines is 2. The number of amides is 3. The van der Waals surface area contributed by atoms with Gasteiger partial charge in [0.25, 0.3) is 0 Å². The summed E-state index contributed by atoms with van der Waals surface area (Å²) in [6.07, 6.45) is 0.382. The molecule has 5 aromatic rings. The van der Waals surface area contributed by atoms with E-state index in [1.165, 1.54) is 19.2 Å². The number of likely N-dealkylation sites (tertiary alicyclic amines) is 1. The molecule has 1 aliphatic rings. The summed E-state index contributed by atoms with van der Waals surface area (Å²) in [5, 5.41) is 17.1. The maximum Gasteiger partial charge on any atom is 0.335 e. The molecular weight excluding hydrogens is 622 g/mol. The van der Waals surface area contributed by atoms with E-state index in [4.69, 9.17) is 14.2 Å². The molecule has 0 spiro atoms. The Morgan fingerprint density at radius 3 is 2.29 bits per heavy atom. The number of benzene rings is 5. The molecule has 5 aromatic carbocycles. The van der Waals surface area contributed by atoms with Crippen molar-refractivity contribution < 1.29 is 33.7 Å². The number of hydrogen-bond donors (Lipinski definition) is 3. The summed E-state index contributed by atoms with van der Waals surface area (Å²) in [7, 11) is 1.51. The second-order valence-electron chi connectivity index (χ2n) is 11.9. The number of aromatic carboxylic acids is 1. The number of carbonyl (C=O) groups is 3. The molecule has 3 N–H and O–H groups in total. The number of rotatable bonds is 11. The first-order valence-corrected chi connectivity index (χ1v) is 16.0. The summed E-state index contributed by atoms with van der Waals surface area (Å²) < 4.78 is 18.0. The molecule has 1 saturated heterocycles. The number of nitrogens with zero attached hydrogens (tertiary/aromatic N) is 1. The number of fused-ring (bicyclic) bond motifs is 1. The molecule has 0 saturated carbocycles. The normalized spacial score (nSPS) is 15.4. The molecule has 250 valence electrons. The molecule has 0 radical (unpaired) electrons. The van der Waals surface area contributed by atoms with Crippen LogP contribution in [-0.2, 0) is 11.2 Å². The topological polar surface area (TPSA) is 126 Å². The molecule has 2 atom stereocenters. The van der Waals surface area contributed by atoms with Crippen LogP contribution < -0.4 is 24.8 Å². The zero-order valence-corrected chi connectivity index (χ0v) is 27.2. The Hall–Kier alpha value is -6.03. The highest BCUT2D eigenvalue weighted by atomic mass is 16.5. The number of carboxylic acid groups (broad SMARTS) is 1. The Bertz CT molecular complexity index is 1980. The van der Waals surface area contributed by atoms with Gasteiger partial charge in [0, 0.05) is 12.1 Å². The number of carbonyl (C=O) groups excluding carboxylic acids is 2. The molecule has 2 unspecified atom stereocenters. The van der Waals surface area contributed by atoms with Crippen molar-refractivity contribution in [3.63, 3.8) is 0 Å². The minimum Gasteiger partial charge on any atom is -0.495 e. The fourth-order valence-corrected chi connectivity index (χ4v) is 5.96. The smallest absolute Gasteiger partial charge is 0.335 e. The van der Waals surface area contributed by atoms with Crippen molar-refractivity contribution in [1.29, 1.82) is 0 Å². The van der Waals surface area contributed by atoms with E-state index in [2.05, 4.69) is 10.6 Å². The lowest BCUT2D eigenvalue weighted by atomic mass is 10.1. The molecule has 1 aliphatic heterocycles. The summed E-state index contributed by atoms with van der Waals surface area (Å²) in [5.41, 5.74) is 2.98. The maximum atomic E-state index is 13.9. The molecule has 1 fully saturated rings. The Kier molecular flexibility index (Phi) is 9.94. The number of hydrogen-bond acceptors (Lipinski definition) is 6. The maximum absolute atomic E-state index is 13.9. The van der Waals surface area contributed by atoms with E-state index < -0.39 is 12.0 Å². The van der Waals surface area contributed by atoms with Gasteiger partial charge in [-0.05, 0) is 83.4 Å². The summed E-state index contributed by atoms with van der Waals surface area (Å²) in [4.78, 5) is 39.6. The number of aryl methyl sites for hydroxylation is 1. The largest absolute Gasteiger partial charge is 0.495 e. The Morgan fingerprint density at radius 2 is 1.53 bits per heavy atom. The highest BCUT2D eigenvalue weighted by Crippen LogP contribution is 2.30. The van der Waals surface area contributed by atoms with Gasteiger partial charge in [-0.1, -0.05) is 54.6 Å². The van der Waals surface area contributed by atoms with Crippen molar-refractivity contribution in [3.8, 4) is 17.2 Å². The molecule has 10 nitrogen and oxygen atoms in total. The van der Waals surface area contributed by atoms with Crippen molar-refractivity contribution in [2.75, 3.05) is 30.9 Å². The summed E-state index contributed by atoms with van der Waals surface area (Å²) in [6.45, 7) is 2.49. The summed E-state index contributed by atoms with van der Waals surface area (Å²) in [6, 6.07) is 32.2. The van der Waals surface area contributed by atoms with Crippen LogP contribution in [0.2, 0.25) is 0 Å². The van der Waals surface area contributed by atoms with E-state index in [9.17, 15) is 19.5 Å². The fraction of sp³-hybridized carbons (Fsp3) is 0.205. The molecule has 6 rings (SSSR count). The zero-order chi connectivity index (χ0) is 34.3. The van der Waals surface area contributed by atoms with E-state index in [0.29, 0.717) is 35.8 Å². The SMILES string of the molecule is COc1cc(CC(=O)N2CC(Oc3ccc4ccccc4c3)CC2COc2ccc(C(=O)O)cc2)ccc1NC(=O)Nc1ccccc1C. The molecule has 49 heavy (non-hydrogen) atoms. The molecule has 0 bridgehead atoms. The highest BCUT2D eigenvalue weighted by molar-refractivity contribution is 6.01. The lowest BCUT2D eigenvalue weighted by Crippen LogP contribution is -2.40. The van der Waals surface area contributed by atoms with Gasteiger partial charge in [-0.3, -0.25) is 4.79 Å². The Morgan fingerprint density at radius 1 is 0.816 bits per heavy atom. The number of nitrogens with one attached hydrogen (secondary N) is 2. The quantitative estimate of drug-likeness (QED) is 0.137. The third-order valence-corrected chi connectivity index (χ3v) is 8.53. The monoisotopic (exact) mass is 659 g/mol. The first kappa shape index (κ1) is 32.9. The Balaban J connectivity index is 1.15. The Labute approximate surface area is 284 Å². The number of carboxylic acids is 1. The minimum atomic E-state index is -1.02. The van der Waals surface area contributed by atoms with Gasteiger partial charge in [0.1, 0.15) is 30.0 Å². The van der Waals surface area contributed by atoms with Crippen molar-refractivity contribution in [2.45, 2.75) is 31.9 Å². The van der Waals surface area contributed by atoms with E-state index in [0.717, 1.165) is 27.6 Å². The molecule has 1 heterocycles. The van der Waals surface area contributed by atoms with E-state index in [1.807, 2.05) is 73.7 Å². The summed E-state index contributed by atoms with van der Waals surface area (Å²) >= 11 is 0. The highest BCUT2D eigenvalue weighted by Gasteiger charge is 2.37. The van der Waals surface area contributed by atoms with Gasteiger partial charge in [0.2, 0.25) is 5.91 Å². The van der Waals surface area contributed by atoms with Crippen LogP contribution >= 0.6 is 0 Å². The minimum absolute atomic E-state index is 0.0958. The van der Waals surface area contributed by atoms with E-state index in [-0.39, 0.29) is 36.6 Å². The van der Waals surface area contributed by atoms with Crippen LogP contribution in [0.3, 0.4) is 0 Å². The zero-order valence-electron chi connectivity index (χ0n) is 27.2. The van der Waals surface area contributed by atoms with Crippen LogP contribution in [0.25, 0.3) is 10.8 Å². The molecule has 0 aliphatic carbocycles. The van der Waals surface area contributed by atoms with Crippen LogP contribution in [0.1, 0.15) is 27.9 Å². The number of methoxy groups -OCH3 is 1. The van der Waals surface area contributed by atoms with Gasteiger partial charge in [-0.15, -0.1) is 0 Å². The average Bonchev–Trinajstić information content (AvgIpc) is 3.51. The third kappa shape index (κ3) is 8.10. The van der Waals surface area contributed by atoms with Gasteiger partial charge in [-0.2, -0.15) is 0 Å². The number of ether oxygens (including phenoxy) is 3. The van der Waals surface area contributed by atoms with Crippen molar-refractivity contribution in [3.05, 3.63) is 126 Å². The average molecular weight is 660 g/mol. The van der Waals surface area contributed by atoms with Crippen LogP contribution in [0.5, 0.6) is 17.2 Å². The van der Waals surface area contributed by atoms with Gasteiger partial charge in [0.15, 0.2) is 0 Å². The van der Waals surface area contributed by atoms with Crippen molar-refractivity contribution in [2.24, 2.45) is 0 Å². The molecular formula is C39H37N3O7. The third-order valence-electron chi connectivity index (χ3n) is 8.53. The van der Waals surface area contributed by atoms with Crippen molar-refractivity contribution in [1.82, 2.24) is 4.90 Å². The molecule has 10 heteroatoms. The van der Waals surface area contributed by atoms with E-state index in [1.54, 1.807) is 35.2 Å². The van der Waals surface area contributed by atoms with Crippen LogP contribution in [0.4, 0.5) is 16.2 Å². The number of para-hydroxylation sites is 1. The van der Waals surface area contributed by atoms with Gasteiger partial charge >= 0.3 is 12.0 Å². The standard InChI is InChI=1S/C39H37N3O7/c1-25-7-3-6-10-34(25)40-39(46)41-35-18-11-26(19-36(35)47-2)20-37(43)42-23-33(49-32-17-12-27-8-4-5-9-29(27)21-32)22-30(42)24-48-31-15-13-28(14-16-31)38(44)45/h3-19,21,30,33H,20,22-24H2,1-2H3,(H,44,45)(H2,40,41,46). The second-order valence-corrected chi connectivity index (χ2v) is 11.9. The lowest BCUT2D eigenvalue weighted by molar-refractivity contribution is -0.132. The van der Waals surface area contributed by atoms with E-state index >= 15 is 0 Å². The van der Waals surface area contributed by atoms with Crippen LogP contribution in [0.15, 0.2) is 109 Å². The summed E-state index contributed by atoms with van der Waals surface area (Å²) in [5.74, 6) is 0.531. The van der Waals surface area contributed by atoms with Gasteiger partial charge in [-0.25, -0.2) is 9.59 Å². The van der Waals surface area contributed by atoms with Gasteiger partial charge in [0.05, 0.1) is 37.4 Å². The predicted molar refractivity (Wildman–Crippen MR) is 188 cm³/mol. The molecule has 3 amide bonds. The first-order valence-electron chi connectivity index (χ1n) is 16.0. The first-order chi connectivity index (χ1) is 23.7. The predicted octanol–water partition coefficient (Wildman–Crippen LogP) is 7.17. The van der Waals surface area contributed by atoms with Crippen LogP contribution in [-0.4, -0.2) is 60.3 Å². The fourth-order valence-electron chi connectivity index (χ4n) is 5.96. The van der Waals surface area contributed by atoms with Gasteiger partial charge < -0.3 is 34.9 Å². The lowest BCUT2D eigenvalue weighted by Gasteiger charge is -2.25. The molecule has 0 aromatic heterocycles. The van der Waals surface area contributed by atoms with Crippen molar-refractivity contribution >= 4 is 40.1 Å². The second kappa shape index (κ2) is 14.8. The van der Waals surface area contributed by atoms with Crippen LogP contribution in [0, 0.1) is 6.92 Å².